The van der Waals surface area contributed by atoms with Crippen LogP contribution in [-0.4, -0.2) is 27.0 Å². The molecule has 0 aliphatic rings. The van der Waals surface area contributed by atoms with Gasteiger partial charge in [0.1, 0.15) is 11.3 Å². The number of ether oxygens (including phenoxy) is 1. The second kappa shape index (κ2) is 6.31. The molecule has 0 atom stereocenters. The number of benzene rings is 1. The molecule has 0 fully saturated rings. The maximum atomic E-state index is 13.3. The van der Waals surface area contributed by atoms with Crippen molar-refractivity contribution in [1.29, 1.82) is 0 Å². The highest BCUT2D eigenvalue weighted by atomic mass is 19.3. The van der Waals surface area contributed by atoms with Crippen LogP contribution in [0.4, 0.5) is 13.6 Å². The quantitative estimate of drug-likeness (QED) is 0.692. The summed E-state index contributed by atoms with van der Waals surface area (Å²) in [4.78, 5) is 15.7. The third kappa shape index (κ3) is 4.02. The van der Waals surface area contributed by atoms with E-state index in [-0.39, 0.29) is 11.5 Å². The minimum atomic E-state index is -2.77. The average molecular weight is 324 g/mol. The molecule has 0 radical (unpaired) electrons. The summed E-state index contributed by atoms with van der Waals surface area (Å²) in [5.41, 5.74) is 2.37. The second-order valence-electron chi connectivity index (χ2n) is 5.88. The van der Waals surface area contributed by atoms with E-state index in [9.17, 15) is 13.6 Å². The number of alkyl halides is 2. The van der Waals surface area contributed by atoms with Crippen LogP contribution in [0.25, 0.3) is 11.0 Å². The molecule has 0 saturated carbocycles. The van der Waals surface area contributed by atoms with E-state index in [0.29, 0.717) is 11.0 Å². The van der Waals surface area contributed by atoms with Gasteiger partial charge in [0, 0.05) is 0 Å². The van der Waals surface area contributed by atoms with Crippen molar-refractivity contribution >= 4 is 22.8 Å². The summed E-state index contributed by atoms with van der Waals surface area (Å²) in [6, 6.07) is 6.54. The van der Waals surface area contributed by atoms with Gasteiger partial charge < -0.3 is 4.74 Å². The Kier molecular flexibility index (Phi) is 4.63. The summed E-state index contributed by atoms with van der Waals surface area (Å²) in [5, 5.41) is 3.79. The van der Waals surface area contributed by atoms with Crippen LogP contribution in [0.15, 0.2) is 29.4 Å². The van der Waals surface area contributed by atoms with Crippen molar-refractivity contribution in [1.82, 2.24) is 15.0 Å². The molecule has 0 saturated heterocycles. The number of carbonyl (C=O) groups excluding carboxylic acids is 1. The van der Waals surface area contributed by atoms with Crippen molar-refractivity contribution < 1.29 is 18.3 Å². The van der Waals surface area contributed by atoms with Gasteiger partial charge in [-0.2, -0.15) is 13.9 Å². The fourth-order valence-corrected chi connectivity index (χ4v) is 1.98. The zero-order valence-electron chi connectivity index (χ0n) is 13.3. The summed E-state index contributed by atoms with van der Waals surface area (Å²) in [6.07, 6.45) is -0.767. The zero-order valence-corrected chi connectivity index (χ0v) is 13.3. The molecule has 0 bridgehead atoms. The van der Waals surface area contributed by atoms with Crippen molar-refractivity contribution in [3.05, 3.63) is 30.1 Å². The predicted octanol–water partition coefficient (Wildman–Crippen LogP) is 3.68. The van der Waals surface area contributed by atoms with Crippen LogP contribution in [0.5, 0.6) is 0 Å². The Balaban J connectivity index is 2.30. The van der Waals surface area contributed by atoms with Crippen molar-refractivity contribution in [3.63, 3.8) is 0 Å². The van der Waals surface area contributed by atoms with Gasteiger partial charge >= 0.3 is 12.6 Å². The van der Waals surface area contributed by atoms with E-state index in [1.807, 2.05) is 0 Å². The number of fused-ring (bicyclic) bond motifs is 1. The topological polar surface area (TPSA) is 68.5 Å². The molecule has 1 aromatic heterocycles. The highest BCUT2D eigenvalue weighted by molar-refractivity contribution is 5.99. The van der Waals surface area contributed by atoms with Crippen LogP contribution in [0.1, 0.15) is 40.1 Å². The van der Waals surface area contributed by atoms with Gasteiger partial charge in [-0.1, -0.05) is 12.1 Å². The maximum Gasteiger partial charge on any atom is 0.428 e. The van der Waals surface area contributed by atoms with E-state index >= 15 is 0 Å². The molecule has 6 nitrogen and oxygen atoms in total. The number of hydrogen-bond acceptors (Lipinski definition) is 4. The molecular formula is C15H18F2N4O2. The van der Waals surface area contributed by atoms with Gasteiger partial charge in [0.15, 0.2) is 5.82 Å². The first-order chi connectivity index (χ1) is 10.7. The molecule has 8 heteroatoms. The molecule has 1 aromatic carbocycles. The van der Waals surface area contributed by atoms with Crippen molar-refractivity contribution in [2.75, 3.05) is 0 Å². The summed E-state index contributed by atoms with van der Waals surface area (Å²) in [7, 11) is 0. The van der Waals surface area contributed by atoms with Crippen LogP contribution < -0.4 is 5.43 Å². The van der Waals surface area contributed by atoms with Crippen molar-refractivity contribution in [2.24, 2.45) is 5.10 Å². The number of halogens is 2. The SMILES string of the molecule is CC(=NNC(=O)OC(C)(C)C)c1nc2ccccc2n1C(F)F. The van der Waals surface area contributed by atoms with Crippen LogP contribution >= 0.6 is 0 Å². The van der Waals surface area contributed by atoms with E-state index in [0.717, 1.165) is 4.57 Å². The van der Waals surface area contributed by atoms with Gasteiger partial charge in [-0.05, 0) is 39.8 Å². The van der Waals surface area contributed by atoms with Gasteiger partial charge in [-0.15, -0.1) is 0 Å². The van der Waals surface area contributed by atoms with Crippen LogP contribution in [0, 0.1) is 0 Å². The molecule has 1 amide bonds. The maximum absolute atomic E-state index is 13.3. The molecule has 1 heterocycles. The van der Waals surface area contributed by atoms with Gasteiger partial charge in [0.25, 0.3) is 0 Å². The molecule has 0 spiro atoms. The molecule has 0 unspecified atom stereocenters. The van der Waals surface area contributed by atoms with Crippen molar-refractivity contribution in [3.8, 4) is 0 Å². The Morgan fingerprint density at radius 2 is 2.00 bits per heavy atom. The number of nitrogens with zero attached hydrogens (tertiary/aromatic N) is 3. The van der Waals surface area contributed by atoms with E-state index < -0.39 is 18.2 Å². The molecule has 0 aliphatic carbocycles. The van der Waals surface area contributed by atoms with Crippen LogP contribution in [0.2, 0.25) is 0 Å². The van der Waals surface area contributed by atoms with E-state index in [2.05, 4.69) is 15.5 Å². The summed E-state index contributed by atoms with van der Waals surface area (Å²) >= 11 is 0. The van der Waals surface area contributed by atoms with Crippen molar-refractivity contribution in [2.45, 2.75) is 39.8 Å². The second-order valence-corrected chi connectivity index (χ2v) is 5.88. The largest absolute Gasteiger partial charge is 0.443 e. The molecule has 23 heavy (non-hydrogen) atoms. The van der Waals surface area contributed by atoms with Gasteiger partial charge in [-0.25, -0.2) is 15.2 Å². The Hall–Kier alpha value is -2.51. The van der Waals surface area contributed by atoms with E-state index in [1.54, 1.807) is 45.0 Å². The molecule has 124 valence electrons. The zero-order chi connectivity index (χ0) is 17.2. The standard InChI is InChI=1S/C15H18F2N4O2/c1-9(19-20-14(22)23-15(2,3)4)12-18-10-7-5-6-8-11(10)21(12)13(16)17/h5-8,13H,1-4H3,(H,20,22). The number of amides is 1. The third-order valence-corrected chi connectivity index (χ3v) is 2.83. The van der Waals surface area contributed by atoms with E-state index in [4.69, 9.17) is 4.74 Å². The number of aromatic nitrogens is 2. The Morgan fingerprint density at radius 3 is 2.61 bits per heavy atom. The highest BCUT2D eigenvalue weighted by Gasteiger charge is 2.20. The summed E-state index contributed by atoms with van der Waals surface area (Å²) in [6.45, 7) is 3.83. The lowest BCUT2D eigenvalue weighted by atomic mass is 10.2. The van der Waals surface area contributed by atoms with Gasteiger partial charge in [0.2, 0.25) is 0 Å². The lowest BCUT2D eigenvalue weighted by molar-refractivity contribution is 0.0529. The number of hydrogen-bond donors (Lipinski definition) is 1. The molecule has 0 aliphatic heterocycles. The fourth-order valence-electron chi connectivity index (χ4n) is 1.98. The smallest absolute Gasteiger partial charge is 0.428 e. The number of imidazole rings is 1. The number of hydrazone groups is 1. The Bertz CT molecular complexity index is 748. The Labute approximate surface area is 132 Å². The summed E-state index contributed by atoms with van der Waals surface area (Å²) < 4.78 is 32.5. The third-order valence-electron chi connectivity index (χ3n) is 2.83. The van der Waals surface area contributed by atoms with Gasteiger partial charge in [-0.3, -0.25) is 4.57 Å². The normalized spacial score (nSPS) is 12.7. The molecule has 1 N–H and O–H groups in total. The minimum Gasteiger partial charge on any atom is -0.443 e. The molecule has 2 rings (SSSR count). The van der Waals surface area contributed by atoms with Gasteiger partial charge in [0.05, 0.1) is 11.0 Å². The fraction of sp³-hybridized carbons (Fsp3) is 0.400. The van der Waals surface area contributed by atoms with Crippen LogP contribution in [-0.2, 0) is 4.74 Å². The number of carbonyl (C=O) groups is 1. The van der Waals surface area contributed by atoms with Crippen LogP contribution in [0.3, 0.4) is 0 Å². The predicted molar refractivity (Wildman–Crippen MR) is 82.6 cm³/mol. The Morgan fingerprint density at radius 1 is 1.35 bits per heavy atom. The average Bonchev–Trinajstić information content (AvgIpc) is 2.82. The first kappa shape index (κ1) is 16.9. The molecular weight excluding hydrogens is 306 g/mol. The first-order valence-electron chi connectivity index (χ1n) is 6.98. The number of para-hydroxylation sites is 2. The highest BCUT2D eigenvalue weighted by Crippen LogP contribution is 2.23. The molecule has 2 aromatic rings. The first-order valence-corrected chi connectivity index (χ1v) is 6.98. The minimum absolute atomic E-state index is 0.0164. The number of rotatable bonds is 3. The monoisotopic (exact) mass is 324 g/mol. The summed E-state index contributed by atoms with van der Waals surface area (Å²) in [5.74, 6) is -0.0164. The lowest BCUT2D eigenvalue weighted by Crippen LogP contribution is -2.30. The van der Waals surface area contributed by atoms with E-state index in [1.165, 1.54) is 6.92 Å². The number of nitrogens with one attached hydrogen (secondary N) is 1. The lowest BCUT2D eigenvalue weighted by Gasteiger charge is -2.18.